The third kappa shape index (κ3) is 4.41. The molecule has 0 radical (unpaired) electrons. The third-order valence-corrected chi connectivity index (χ3v) is 54.6. The number of benzene rings is 5. The van der Waals surface area contributed by atoms with Gasteiger partial charge in [-0.3, -0.25) is 0 Å². The van der Waals surface area contributed by atoms with Crippen molar-refractivity contribution in [3.8, 4) is 22.3 Å². The normalized spacial score (nSPS) is 19.0. The number of allylic oxidation sites excluding steroid dienone is 2. The van der Waals surface area contributed by atoms with E-state index in [-0.39, 0.29) is 0 Å². The van der Waals surface area contributed by atoms with E-state index < -0.39 is 23.9 Å². The van der Waals surface area contributed by atoms with Gasteiger partial charge in [0, 0.05) is 0 Å². The maximum atomic E-state index is 2.86. The summed E-state index contributed by atoms with van der Waals surface area (Å²) in [6.45, 7) is 7.60. The summed E-state index contributed by atoms with van der Waals surface area (Å²) in [5, 5.41) is 1.62. The fourth-order valence-electron chi connectivity index (χ4n) is 9.19. The first-order valence-electron chi connectivity index (χ1n) is 15.8. The van der Waals surface area contributed by atoms with Crippen molar-refractivity contribution in [2.45, 2.75) is 36.9 Å². The average Bonchev–Trinajstić information content (AvgIpc) is 3.58. The minimum absolute atomic E-state index is 0.502. The SMILES string of the molecule is CC1=Cc2c(-c3ccccc3)cccc2[CH]1[Zr]([CH3])([CH3])([CH]1C(C)=Cc2c(-c3ccccc3)cccc21)[SiH](C)c1ccccc1. The van der Waals surface area contributed by atoms with Gasteiger partial charge in [0.05, 0.1) is 0 Å². The molecule has 0 bridgehead atoms. The van der Waals surface area contributed by atoms with Gasteiger partial charge in [-0.15, -0.1) is 0 Å². The van der Waals surface area contributed by atoms with Crippen molar-refractivity contribution in [1.82, 2.24) is 0 Å². The molecule has 0 saturated carbocycles. The van der Waals surface area contributed by atoms with Crippen LogP contribution >= 0.6 is 0 Å². The van der Waals surface area contributed by atoms with Crippen LogP contribution in [0.2, 0.25) is 15.8 Å². The molecule has 2 aliphatic rings. The van der Waals surface area contributed by atoms with Gasteiger partial charge < -0.3 is 0 Å². The topological polar surface area (TPSA) is 0 Å². The van der Waals surface area contributed by atoms with E-state index >= 15 is 0 Å². The van der Waals surface area contributed by atoms with Gasteiger partial charge >= 0.3 is 261 Å². The molecule has 5 aromatic carbocycles. The van der Waals surface area contributed by atoms with E-state index in [9.17, 15) is 0 Å². The summed E-state index contributed by atoms with van der Waals surface area (Å²) in [7, 11) is 0. The number of hydrogen-bond donors (Lipinski definition) is 0. The Morgan fingerprint density at radius 1 is 0.488 bits per heavy atom. The van der Waals surface area contributed by atoms with E-state index in [1.54, 1.807) is 27.5 Å². The Kier molecular flexibility index (Phi) is 7.07. The molecule has 0 fully saturated rings. The second-order valence-electron chi connectivity index (χ2n) is 13.9. The van der Waals surface area contributed by atoms with Gasteiger partial charge in [0.1, 0.15) is 0 Å². The second kappa shape index (κ2) is 10.7. The summed E-state index contributed by atoms with van der Waals surface area (Å²) in [6, 6.07) is 47.8. The Labute approximate surface area is 259 Å². The molecule has 213 valence electrons. The van der Waals surface area contributed by atoms with Crippen LogP contribution in [0.3, 0.4) is 0 Å². The molecule has 2 heteroatoms. The van der Waals surface area contributed by atoms with E-state index in [2.05, 4.69) is 169 Å². The third-order valence-electron chi connectivity index (χ3n) is 11.2. The number of fused-ring (bicyclic) bond motifs is 2. The van der Waals surface area contributed by atoms with Crippen LogP contribution in [0.4, 0.5) is 0 Å². The molecule has 0 heterocycles. The predicted octanol–water partition coefficient (Wildman–Crippen LogP) is 10.7. The molecule has 0 nitrogen and oxygen atoms in total. The van der Waals surface area contributed by atoms with Crippen LogP contribution < -0.4 is 5.19 Å². The molecule has 2 aliphatic carbocycles. The van der Waals surface area contributed by atoms with Crippen molar-refractivity contribution in [2.24, 2.45) is 0 Å². The van der Waals surface area contributed by atoms with Gasteiger partial charge in [-0.25, -0.2) is 0 Å². The molecule has 3 atom stereocenters. The van der Waals surface area contributed by atoms with Gasteiger partial charge in [0.15, 0.2) is 0 Å². The molecular weight excluding hydrogens is 612 g/mol. The van der Waals surface area contributed by atoms with Crippen molar-refractivity contribution in [3.05, 3.63) is 161 Å². The van der Waals surface area contributed by atoms with Gasteiger partial charge in [0.2, 0.25) is 0 Å². The van der Waals surface area contributed by atoms with E-state index in [4.69, 9.17) is 0 Å². The maximum absolute atomic E-state index is 3.93. The Morgan fingerprint density at radius 3 is 1.30 bits per heavy atom. The van der Waals surface area contributed by atoms with Crippen LogP contribution in [0.5, 0.6) is 0 Å². The van der Waals surface area contributed by atoms with Crippen LogP contribution in [0.1, 0.15) is 43.4 Å². The van der Waals surface area contributed by atoms with Crippen molar-refractivity contribution in [3.63, 3.8) is 0 Å². The predicted molar refractivity (Wildman–Crippen MR) is 187 cm³/mol. The van der Waals surface area contributed by atoms with Gasteiger partial charge in [0.25, 0.3) is 0 Å². The van der Waals surface area contributed by atoms with Gasteiger partial charge in [-0.2, -0.15) is 0 Å². The molecule has 3 unspecified atom stereocenters. The molecule has 0 aliphatic heterocycles. The van der Waals surface area contributed by atoms with Gasteiger partial charge in [-0.1, -0.05) is 0 Å². The van der Waals surface area contributed by atoms with Crippen molar-refractivity contribution < 1.29 is 17.9 Å². The van der Waals surface area contributed by atoms with E-state index in [0.29, 0.717) is 7.25 Å². The average molecular weight is 653 g/mol. The quantitative estimate of drug-likeness (QED) is 0.160. The standard InChI is InChI=1S/2C16H13.C7H9Si.2CH3.Zr/c2*1-12-10-14-8-5-9-15(16(14)11-12)13-6-3-2-4-7-13;1-8-7-5-3-2-4-6-7;;;/h2*2-11H,1H3;2-6,8H,1H3;2*1H3;. The first kappa shape index (κ1) is 28.5. The zero-order valence-corrected chi connectivity index (χ0v) is 29.6. The molecular formula is C41H41SiZr. The Bertz CT molecular complexity index is 1770. The summed E-state index contributed by atoms with van der Waals surface area (Å²) in [4.78, 5) is 0. The van der Waals surface area contributed by atoms with Crippen LogP contribution in [0.25, 0.3) is 34.4 Å². The van der Waals surface area contributed by atoms with E-state index in [1.807, 2.05) is 0 Å². The molecule has 0 spiro atoms. The van der Waals surface area contributed by atoms with Crippen molar-refractivity contribution in [1.29, 1.82) is 0 Å². The van der Waals surface area contributed by atoms with Crippen LogP contribution in [-0.4, -0.2) is 5.92 Å². The molecule has 7 rings (SSSR count). The van der Waals surface area contributed by atoms with Crippen molar-refractivity contribution in [2.75, 3.05) is 0 Å². The second-order valence-corrected chi connectivity index (χ2v) is 49.4. The Balaban J connectivity index is 1.48. The first-order chi connectivity index (χ1) is 20.8. The van der Waals surface area contributed by atoms with Gasteiger partial charge in [-0.05, 0) is 0 Å². The van der Waals surface area contributed by atoms with Crippen molar-refractivity contribution >= 4 is 23.3 Å². The van der Waals surface area contributed by atoms with Crippen LogP contribution in [-0.2, 0) is 17.9 Å². The molecule has 43 heavy (non-hydrogen) atoms. The molecule has 0 aromatic heterocycles. The Morgan fingerprint density at radius 2 is 0.884 bits per heavy atom. The first-order valence-corrected chi connectivity index (χ1v) is 30.1. The number of hydrogen-bond acceptors (Lipinski definition) is 0. The van der Waals surface area contributed by atoms with E-state index in [1.165, 1.54) is 33.4 Å². The monoisotopic (exact) mass is 651 g/mol. The molecule has 5 aromatic rings. The zero-order valence-electron chi connectivity index (χ0n) is 26.0. The Hall–Kier alpha value is -3.32. The fraction of sp³-hybridized carbons (Fsp3) is 0.171. The number of rotatable bonds is 6. The summed E-state index contributed by atoms with van der Waals surface area (Å²) in [5.74, 6) is -1.46. The van der Waals surface area contributed by atoms with E-state index in [0.717, 1.165) is 0 Å². The molecule has 0 N–H and O–H groups in total. The molecule has 0 saturated heterocycles. The fourth-order valence-corrected chi connectivity index (χ4v) is 48.2. The zero-order chi connectivity index (χ0) is 29.8. The summed E-state index contributed by atoms with van der Waals surface area (Å²) >= 11 is -3.93. The van der Waals surface area contributed by atoms with Crippen LogP contribution in [0.15, 0.2) is 139 Å². The van der Waals surface area contributed by atoms with Crippen LogP contribution in [0, 0.1) is 0 Å². The summed E-state index contributed by atoms with van der Waals surface area (Å²) in [5.41, 5.74) is 14.6. The summed E-state index contributed by atoms with van der Waals surface area (Å²) in [6.07, 6.45) is 5.12. The summed E-state index contributed by atoms with van der Waals surface area (Å²) < 4.78 is 6.73. The minimum atomic E-state index is -3.93. The molecule has 0 amide bonds.